The third-order valence-corrected chi connectivity index (χ3v) is 6.87. The van der Waals surface area contributed by atoms with Gasteiger partial charge in [-0.15, -0.1) is 0 Å². The van der Waals surface area contributed by atoms with Crippen molar-refractivity contribution in [2.45, 2.75) is 89.5 Å². The molecule has 0 heterocycles. The molecule has 0 aliphatic carbocycles. The van der Waals surface area contributed by atoms with Crippen LogP contribution in [0.2, 0.25) is 0 Å². The first-order valence-corrected chi connectivity index (χ1v) is 15.4. The largest absolute Gasteiger partial charge is 0.480 e. The minimum Gasteiger partial charge on any atom is -0.480 e. The van der Waals surface area contributed by atoms with Crippen molar-refractivity contribution in [3.8, 4) is 0 Å². The van der Waals surface area contributed by atoms with Crippen LogP contribution in [0.4, 0.5) is 0 Å². The number of amides is 4. The van der Waals surface area contributed by atoms with Crippen molar-refractivity contribution in [2.75, 3.05) is 13.1 Å². The van der Waals surface area contributed by atoms with Crippen LogP contribution in [-0.2, 0) is 30.4 Å². The number of carbonyl (C=O) groups excluding carboxylic acids is 4. The fourth-order valence-electron chi connectivity index (χ4n) is 4.43. The second kappa shape index (κ2) is 21.0. The standard InChI is InChI=1S/C30H51N11O6/c1-17(2)15-20(31)25(43)41-23(16-19-9-5-4-6-10-19)27(45)39-21(11-7-13-36-29(32)33)26(44)38-18(3)24(42)40-22(28(46)47)12-8-14-37-30(34)35/h4-6,9-10,17-18,20-23H,7-8,11-16,31H2,1-3H3,(H,38,44)(H,39,45)(H,40,42)(H,41,43)(H,46,47)(H4,32,33,36)(H4,34,35,37)/t18-,20-,21-,22-,23-/m0/s1. The smallest absolute Gasteiger partial charge is 0.326 e. The maximum absolute atomic E-state index is 13.6. The van der Waals surface area contributed by atoms with E-state index < -0.39 is 59.8 Å². The molecule has 0 aliphatic heterocycles. The van der Waals surface area contributed by atoms with E-state index in [0.717, 1.165) is 5.56 Å². The van der Waals surface area contributed by atoms with Gasteiger partial charge >= 0.3 is 5.97 Å². The van der Waals surface area contributed by atoms with Gasteiger partial charge in [0.1, 0.15) is 24.2 Å². The molecule has 17 nitrogen and oxygen atoms in total. The number of hydrogen-bond acceptors (Lipinski definition) is 8. The second-order valence-electron chi connectivity index (χ2n) is 11.6. The molecular weight excluding hydrogens is 610 g/mol. The zero-order chi connectivity index (χ0) is 35.5. The molecule has 262 valence electrons. The number of carboxylic acid groups (broad SMARTS) is 1. The van der Waals surface area contributed by atoms with Crippen LogP contribution >= 0.6 is 0 Å². The molecule has 0 spiro atoms. The lowest BCUT2D eigenvalue weighted by Crippen LogP contribution is -2.58. The Morgan fingerprint density at radius 2 is 1.19 bits per heavy atom. The summed E-state index contributed by atoms with van der Waals surface area (Å²) in [5.41, 5.74) is 28.2. The normalized spacial score (nSPS) is 14.0. The van der Waals surface area contributed by atoms with Gasteiger partial charge in [0.2, 0.25) is 23.6 Å². The molecule has 0 aromatic heterocycles. The first-order chi connectivity index (χ1) is 22.1. The lowest BCUT2D eigenvalue weighted by atomic mass is 10.0. The highest BCUT2D eigenvalue weighted by Crippen LogP contribution is 2.08. The Morgan fingerprint density at radius 1 is 0.702 bits per heavy atom. The zero-order valence-corrected chi connectivity index (χ0v) is 27.3. The lowest BCUT2D eigenvalue weighted by molar-refractivity contribution is -0.142. The van der Waals surface area contributed by atoms with E-state index in [2.05, 4.69) is 31.3 Å². The van der Waals surface area contributed by atoms with E-state index in [-0.39, 0.29) is 63.0 Å². The molecule has 0 unspecified atom stereocenters. The van der Waals surface area contributed by atoms with Crippen molar-refractivity contribution < 1.29 is 29.1 Å². The summed E-state index contributed by atoms with van der Waals surface area (Å²) in [7, 11) is 0. The summed E-state index contributed by atoms with van der Waals surface area (Å²) in [6, 6.07) is 3.48. The zero-order valence-electron chi connectivity index (χ0n) is 27.3. The van der Waals surface area contributed by atoms with E-state index in [9.17, 15) is 29.1 Å². The van der Waals surface area contributed by atoms with E-state index >= 15 is 0 Å². The van der Waals surface area contributed by atoms with Gasteiger partial charge in [0.25, 0.3) is 0 Å². The number of nitrogens with one attached hydrogen (secondary N) is 4. The Labute approximate surface area is 274 Å². The predicted molar refractivity (Wildman–Crippen MR) is 178 cm³/mol. The molecule has 5 atom stereocenters. The molecule has 15 N–H and O–H groups in total. The monoisotopic (exact) mass is 661 g/mol. The molecule has 0 radical (unpaired) electrons. The molecular formula is C30H51N11O6. The summed E-state index contributed by atoms with van der Waals surface area (Å²) in [6.45, 7) is 5.55. The molecule has 1 aromatic rings. The van der Waals surface area contributed by atoms with Gasteiger partial charge in [-0.3, -0.25) is 29.2 Å². The summed E-state index contributed by atoms with van der Waals surface area (Å²) >= 11 is 0. The van der Waals surface area contributed by atoms with Crippen LogP contribution in [0.3, 0.4) is 0 Å². The minimum atomic E-state index is -1.27. The highest BCUT2D eigenvalue weighted by Gasteiger charge is 2.30. The van der Waals surface area contributed by atoms with Crippen LogP contribution in [0.25, 0.3) is 0 Å². The first-order valence-electron chi connectivity index (χ1n) is 15.4. The number of nitrogens with zero attached hydrogens (tertiary/aromatic N) is 2. The molecule has 0 aliphatic rings. The van der Waals surface area contributed by atoms with Crippen LogP contribution in [0.15, 0.2) is 40.3 Å². The van der Waals surface area contributed by atoms with Gasteiger partial charge in [-0.2, -0.15) is 0 Å². The van der Waals surface area contributed by atoms with Crippen molar-refractivity contribution in [3.63, 3.8) is 0 Å². The third kappa shape index (κ3) is 16.8. The topological polar surface area (TPSA) is 309 Å². The maximum atomic E-state index is 13.6. The summed E-state index contributed by atoms with van der Waals surface area (Å²) in [4.78, 5) is 72.1. The van der Waals surface area contributed by atoms with Gasteiger partial charge in [-0.05, 0) is 50.5 Å². The van der Waals surface area contributed by atoms with Crippen molar-refractivity contribution >= 4 is 41.5 Å². The highest BCUT2D eigenvalue weighted by atomic mass is 16.4. The number of carbonyl (C=O) groups is 5. The number of aliphatic imine (C=N–C) groups is 2. The fourth-order valence-corrected chi connectivity index (χ4v) is 4.43. The summed E-state index contributed by atoms with van der Waals surface area (Å²) in [5, 5.41) is 19.8. The van der Waals surface area contributed by atoms with Crippen LogP contribution < -0.4 is 49.9 Å². The molecule has 0 saturated carbocycles. The molecule has 47 heavy (non-hydrogen) atoms. The molecule has 0 bridgehead atoms. The Morgan fingerprint density at radius 3 is 1.70 bits per heavy atom. The Hall–Kier alpha value is -4.93. The third-order valence-electron chi connectivity index (χ3n) is 6.87. The number of hydrogen-bond donors (Lipinski definition) is 10. The number of benzene rings is 1. The molecule has 1 aromatic carbocycles. The molecule has 0 saturated heterocycles. The van der Waals surface area contributed by atoms with Crippen molar-refractivity contribution in [2.24, 2.45) is 44.6 Å². The lowest BCUT2D eigenvalue weighted by Gasteiger charge is -2.26. The number of aliphatic carboxylic acids is 1. The van der Waals surface area contributed by atoms with Gasteiger partial charge < -0.3 is 55.0 Å². The quantitative estimate of drug-likeness (QED) is 0.0381. The average Bonchev–Trinajstić information content (AvgIpc) is 2.99. The van der Waals surface area contributed by atoms with Gasteiger partial charge in [0, 0.05) is 19.5 Å². The molecule has 0 fully saturated rings. The predicted octanol–water partition coefficient (Wildman–Crippen LogP) is -2.25. The second-order valence-corrected chi connectivity index (χ2v) is 11.6. The van der Waals surface area contributed by atoms with E-state index in [0.29, 0.717) is 6.42 Å². The van der Waals surface area contributed by atoms with E-state index in [4.69, 9.17) is 28.7 Å². The Bertz CT molecular complexity index is 1230. The Kier molecular flexibility index (Phi) is 17.9. The van der Waals surface area contributed by atoms with E-state index in [1.54, 1.807) is 24.3 Å². The van der Waals surface area contributed by atoms with Crippen LogP contribution in [0, 0.1) is 5.92 Å². The van der Waals surface area contributed by atoms with Crippen molar-refractivity contribution in [1.29, 1.82) is 0 Å². The Balaban J connectivity index is 3.10. The van der Waals surface area contributed by atoms with E-state index in [1.165, 1.54) is 6.92 Å². The molecule has 17 heteroatoms. The average molecular weight is 662 g/mol. The number of guanidine groups is 2. The van der Waals surface area contributed by atoms with Crippen molar-refractivity contribution in [3.05, 3.63) is 35.9 Å². The van der Waals surface area contributed by atoms with Crippen LogP contribution in [0.5, 0.6) is 0 Å². The number of rotatable bonds is 21. The number of carboxylic acids is 1. The van der Waals surface area contributed by atoms with E-state index in [1.807, 2.05) is 19.9 Å². The number of nitrogens with two attached hydrogens (primary N) is 5. The molecule has 1 rings (SSSR count). The fraction of sp³-hybridized carbons (Fsp3) is 0.567. The highest BCUT2D eigenvalue weighted by molar-refractivity contribution is 5.95. The summed E-state index contributed by atoms with van der Waals surface area (Å²) in [6.07, 6.45) is 1.20. The summed E-state index contributed by atoms with van der Waals surface area (Å²) in [5.74, 6) is -4.05. The van der Waals surface area contributed by atoms with Gasteiger partial charge in [0.05, 0.1) is 6.04 Å². The van der Waals surface area contributed by atoms with Gasteiger partial charge in [0.15, 0.2) is 11.9 Å². The SMILES string of the molecule is CC(C)C[C@H](N)C(=O)N[C@@H](Cc1ccccc1)C(=O)N[C@@H](CCCN=C(N)N)C(=O)N[C@@H](C)C(=O)N[C@@H](CCCN=C(N)N)C(=O)O. The van der Waals surface area contributed by atoms with Gasteiger partial charge in [-0.1, -0.05) is 44.2 Å². The van der Waals surface area contributed by atoms with Crippen LogP contribution in [-0.4, -0.2) is 89.9 Å². The first kappa shape index (κ1) is 40.1. The maximum Gasteiger partial charge on any atom is 0.326 e. The van der Waals surface area contributed by atoms with Crippen molar-refractivity contribution in [1.82, 2.24) is 21.3 Å². The minimum absolute atomic E-state index is 0.0390. The van der Waals surface area contributed by atoms with Crippen LogP contribution in [0.1, 0.15) is 58.4 Å². The molecule has 4 amide bonds. The summed E-state index contributed by atoms with van der Waals surface area (Å²) < 4.78 is 0. The van der Waals surface area contributed by atoms with Gasteiger partial charge in [-0.25, -0.2) is 4.79 Å².